The van der Waals surface area contributed by atoms with Crippen LogP contribution in [0.25, 0.3) is 0 Å². The number of benzene rings is 1. The molecule has 0 fully saturated rings. The second-order valence-electron chi connectivity index (χ2n) is 3.62. The smallest absolute Gasteiger partial charge is 0.224 e. The molecule has 3 nitrogen and oxygen atoms in total. The quantitative estimate of drug-likeness (QED) is 0.809. The first-order valence-corrected chi connectivity index (χ1v) is 6.08. The molecule has 0 aliphatic heterocycles. The van der Waals surface area contributed by atoms with E-state index in [-0.39, 0.29) is 17.7 Å². The zero-order chi connectivity index (χ0) is 12.7. The summed E-state index contributed by atoms with van der Waals surface area (Å²) in [5.41, 5.74) is 0.810. The van der Waals surface area contributed by atoms with Gasteiger partial charge in [-0.1, -0.05) is 29.8 Å². The third-order valence-electron chi connectivity index (χ3n) is 2.18. The summed E-state index contributed by atoms with van der Waals surface area (Å²) in [7, 11) is 1.57. The lowest BCUT2D eigenvalue weighted by Gasteiger charge is -2.10. The maximum absolute atomic E-state index is 11.6. The van der Waals surface area contributed by atoms with Gasteiger partial charge in [-0.3, -0.25) is 4.79 Å². The van der Waals surface area contributed by atoms with E-state index >= 15 is 0 Å². The molecule has 1 amide bonds. The Morgan fingerprint density at radius 2 is 2.18 bits per heavy atom. The lowest BCUT2D eigenvalue weighted by molar-refractivity contribution is -0.120. The summed E-state index contributed by atoms with van der Waals surface area (Å²) in [5.74, 6) is -0.0974. The normalized spacial score (nSPS) is 12.2. The maximum Gasteiger partial charge on any atom is 0.224 e. The van der Waals surface area contributed by atoms with Crippen LogP contribution in [-0.2, 0) is 16.0 Å². The molecule has 1 N–H and O–H groups in total. The minimum absolute atomic E-state index is 0.0974. The number of ether oxygens (including phenoxy) is 1. The van der Waals surface area contributed by atoms with Crippen LogP contribution in [0.1, 0.15) is 5.56 Å². The first kappa shape index (κ1) is 14.3. The molecule has 1 unspecified atom stereocenters. The highest BCUT2D eigenvalue weighted by Crippen LogP contribution is 2.15. The molecule has 0 aliphatic carbocycles. The Hall–Kier alpha value is -0.770. The van der Waals surface area contributed by atoms with Gasteiger partial charge in [-0.15, -0.1) is 11.6 Å². The summed E-state index contributed by atoms with van der Waals surface area (Å²) in [6.07, 6.45) is 0.260. The van der Waals surface area contributed by atoms with Gasteiger partial charge in [0.05, 0.1) is 18.4 Å². The second-order valence-corrected chi connectivity index (χ2v) is 4.65. The first-order chi connectivity index (χ1) is 8.13. The van der Waals surface area contributed by atoms with Gasteiger partial charge in [0, 0.05) is 18.7 Å². The van der Waals surface area contributed by atoms with Crippen molar-refractivity contribution in [1.29, 1.82) is 0 Å². The molecular formula is C12H15Cl2NO2. The molecule has 0 bridgehead atoms. The summed E-state index contributed by atoms with van der Waals surface area (Å²) in [6, 6.07) is 7.27. The van der Waals surface area contributed by atoms with Crippen molar-refractivity contribution in [3.05, 3.63) is 34.9 Å². The van der Waals surface area contributed by atoms with Gasteiger partial charge in [-0.05, 0) is 11.6 Å². The Labute approximate surface area is 111 Å². The van der Waals surface area contributed by atoms with Crippen LogP contribution < -0.4 is 5.32 Å². The van der Waals surface area contributed by atoms with E-state index in [1.165, 1.54) is 0 Å². The molecule has 5 heteroatoms. The van der Waals surface area contributed by atoms with Gasteiger partial charge < -0.3 is 10.1 Å². The van der Waals surface area contributed by atoms with Gasteiger partial charge in [0.1, 0.15) is 0 Å². The molecule has 1 aromatic carbocycles. The zero-order valence-corrected chi connectivity index (χ0v) is 11.1. The van der Waals surface area contributed by atoms with Crippen molar-refractivity contribution in [2.24, 2.45) is 0 Å². The Bertz CT molecular complexity index is 371. The van der Waals surface area contributed by atoms with Gasteiger partial charge in [0.25, 0.3) is 0 Å². The van der Waals surface area contributed by atoms with E-state index in [4.69, 9.17) is 27.9 Å². The van der Waals surface area contributed by atoms with E-state index in [1.54, 1.807) is 13.2 Å². The molecule has 0 saturated carbocycles. The van der Waals surface area contributed by atoms with Crippen molar-refractivity contribution in [1.82, 2.24) is 5.32 Å². The van der Waals surface area contributed by atoms with E-state index < -0.39 is 0 Å². The second kappa shape index (κ2) is 7.54. The largest absolute Gasteiger partial charge is 0.383 e. The number of carbonyl (C=O) groups excluding carboxylic acids is 1. The summed E-state index contributed by atoms with van der Waals surface area (Å²) in [4.78, 5) is 11.6. The van der Waals surface area contributed by atoms with Crippen molar-refractivity contribution < 1.29 is 9.53 Å². The van der Waals surface area contributed by atoms with Crippen LogP contribution in [0.2, 0.25) is 5.02 Å². The van der Waals surface area contributed by atoms with Crippen LogP contribution in [0.3, 0.4) is 0 Å². The lowest BCUT2D eigenvalue weighted by Crippen LogP contribution is -2.32. The van der Waals surface area contributed by atoms with Crippen molar-refractivity contribution in [2.75, 3.05) is 20.3 Å². The molecule has 1 aromatic rings. The molecule has 0 aromatic heterocycles. The average molecular weight is 276 g/mol. The van der Waals surface area contributed by atoms with Gasteiger partial charge in [0.2, 0.25) is 5.91 Å². The van der Waals surface area contributed by atoms with Crippen LogP contribution in [0.5, 0.6) is 0 Å². The Morgan fingerprint density at radius 1 is 1.47 bits per heavy atom. The third kappa shape index (κ3) is 5.39. The van der Waals surface area contributed by atoms with Gasteiger partial charge in [-0.25, -0.2) is 0 Å². The summed E-state index contributed by atoms with van der Waals surface area (Å²) < 4.78 is 4.87. The topological polar surface area (TPSA) is 38.3 Å². The first-order valence-electron chi connectivity index (χ1n) is 5.26. The minimum Gasteiger partial charge on any atom is -0.383 e. The van der Waals surface area contributed by atoms with Gasteiger partial charge in [-0.2, -0.15) is 0 Å². The fourth-order valence-corrected chi connectivity index (χ4v) is 1.75. The highest BCUT2D eigenvalue weighted by atomic mass is 35.5. The number of amides is 1. The van der Waals surface area contributed by atoms with Crippen molar-refractivity contribution >= 4 is 29.1 Å². The average Bonchev–Trinajstić information content (AvgIpc) is 2.30. The Kier molecular flexibility index (Phi) is 6.34. The molecule has 0 radical (unpaired) electrons. The number of rotatable bonds is 6. The van der Waals surface area contributed by atoms with Crippen LogP contribution in [0, 0.1) is 0 Å². The fourth-order valence-electron chi connectivity index (χ4n) is 1.34. The highest BCUT2D eigenvalue weighted by Gasteiger charge is 2.09. The van der Waals surface area contributed by atoms with E-state index in [9.17, 15) is 4.79 Å². The van der Waals surface area contributed by atoms with Gasteiger partial charge >= 0.3 is 0 Å². The lowest BCUT2D eigenvalue weighted by atomic mass is 10.1. The summed E-state index contributed by atoms with van der Waals surface area (Å²) in [6.45, 7) is 0.798. The number of hydrogen-bond acceptors (Lipinski definition) is 2. The predicted molar refractivity (Wildman–Crippen MR) is 69.7 cm³/mol. The van der Waals surface area contributed by atoms with E-state index in [0.717, 1.165) is 5.56 Å². The van der Waals surface area contributed by atoms with Crippen molar-refractivity contribution in [3.8, 4) is 0 Å². The number of alkyl halides is 1. The standard InChI is InChI=1S/C12H15Cl2NO2/c1-17-8-10(13)7-15-12(16)6-9-4-2-3-5-11(9)14/h2-5,10H,6-8H2,1H3,(H,15,16). The molecule has 0 saturated heterocycles. The number of hydrogen-bond donors (Lipinski definition) is 1. The van der Waals surface area contributed by atoms with Crippen LogP contribution in [0.4, 0.5) is 0 Å². The van der Waals surface area contributed by atoms with Gasteiger partial charge in [0.15, 0.2) is 0 Å². The SMILES string of the molecule is COCC(Cl)CNC(=O)Cc1ccccc1Cl. The Morgan fingerprint density at radius 3 is 2.82 bits per heavy atom. The number of halogens is 2. The molecule has 0 aliphatic rings. The number of nitrogens with one attached hydrogen (secondary N) is 1. The summed E-state index contributed by atoms with van der Waals surface area (Å²) in [5, 5.41) is 3.12. The number of carbonyl (C=O) groups is 1. The van der Waals surface area contributed by atoms with Crippen molar-refractivity contribution in [2.45, 2.75) is 11.8 Å². The monoisotopic (exact) mass is 275 g/mol. The molecular weight excluding hydrogens is 261 g/mol. The van der Waals surface area contributed by atoms with Crippen LogP contribution >= 0.6 is 23.2 Å². The third-order valence-corrected chi connectivity index (χ3v) is 2.83. The molecule has 1 rings (SSSR count). The minimum atomic E-state index is -0.213. The summed E-state index contributed by atoms with van der Waals surface area (Å²) >= 11 is 11.8. The van der Waals surface area contributed by atoms with Crippen LogP contribution in [-0.4, -0.2) is 31.5 Å². The van der Waals surface area contributed by atoms with E-state index in [0.29, 0.717) is 18.2 Å². The van der Waals surface area contributed by atoms with E-state index in [2.05, 4.69) is 5.32 Å². The Balaban J connectivity index is 2.37. The molecule has 94 valence electrons. The molecule has 1 atom stereocenters. The van der Waals surface area contributed by atoms with E-state index in [1.807, 2.05) is 18.2 Å². The van der Waals surface area contributed by atoms with Crippen LogP contribution in [0.15, 0.2) is 24.3 Å². The predicted octanol–water partition coefficient (Wildman–Crippen LogP) is 2.25. The molecule has 17 heavy (non-hydrogen) atoms. The highest BCUT2D eigenvalue weighted by molar-refractivity contribution is 6.31. The van der Waals surface area contributed by atoms with Crippen molar-refractivity contribution in [3.63, 3.8) is 0 Å². The maximum atomic E-state index is 11.6. The number of methoxy groups -OCH3 is 1. The fraction of sp³-hybridized carbons (Fsp3) is 0.417. The molecule has 0 heterocycles. The molecule has 0 spiro atoms. The zero-order valence-electron chi connectivity index (χ0n) is 9.58.